The molecule has 2 fully saturated rings. The zero-order valence-corrected chi connectivity index (χ0v) is 20.4. The number of nitrogens with zero attached hydrogens (tertiary/aromatic N) is 3. The molecule has 164 valence electrons. The lowest BCUT2D eigenvalue weighted by Crippen LogP contribution is -2.40. The third kappa shape index (κ3) is 7.94. The van der Waals surface area contributed by atoms with Crippen molar-refractivity contribution < 1.29 is 4.74 Å². The highest BCUT2D eigenvalue weighted by atomic mass is 127. The molecule has 1 aromatic rings. The minimum atomic E-state index is 0. The Kier molecular flexibility index (Phi) is 11.1. The second kappa shape index (κ2) is 13.3. The Labute approximate surface area is 193 Å². The number of ether oxygens (including phenoxy) is 1. The van der Waals surface area contributed by atoms with Crippen LogP contribution in [0.3, 0.4) is 0 Å². The van der Waals surface area contributed by atoms with Crippen LogP contribution in [0.15, 0.2) is 29.3 Å². The normalized spacial score (nSPS) is 19.0. The van der Waals surface area contributed by atoms with Gasteiger partial charge in [0, 0.05) is 45.5 Å². The number of nitrogens with one attached hydrogen (secondary N) is 2. The molecule has 1 aromatic carbocycles. The van der Waals surface area contributed by atoms with E-state index in [2.05, 4.69) is 56.6 Å². The summed E-state index contributed by atoms with van der Waals surface area (Å²) in [4.78, 5) is 9.37. The van der Waals surface area contributed by atoms with Crippen molar-refractivity contribution in [3.05, 3.63) is 29.8 Å². The van der Waals surface area contributed by atoms with Crippen molar-refractivity contribution in [3.63, 3.8) is 0 Å². The third-order valence-corrected chi connectivity index (χ3v) is 5.72. The largest absolute Gasteiger partial charge is 0.379 e. The Hall–Kier alpha value is -1.06. The van der Waals surface area contributed by atoms with Gasteiger partial charge in [-0.15, -0.1) is 24.0 Å². The van der Waals surface area contributed by atoms with Crippen LogP contribution in [0.1, 0.15) is 44.2 Å². The first-order valence-corrected chi connectivity index (χ1v) is 10.9. The van der Waals surface area contributed by atoms with Crippen LogP contribution in [-0.2, 0) is 4.74 Å². The van der Waals surface area contributed by atoms with E-state index in [-0.39, 0.29) is 30.0 Å². The van der Waals surface area contributed by atoms with Crippen molar-refractivity contribution in [2.24, 2.45) is 4.99 Å². The molecular weight excluding hydrogens is 477 g/mol. The van der Waals surface area contributed by atoms with E-state index in [0.717, 1.165) is 51.8 Å². The van der Waals surface area contributed by atoms with Gasteiger partial charge in [0.2, 0.25) is 0 Å². The fourth-order valence-electron chi connectivity index (χ4n) is 3.94. The van der Waals surface area contributed by atoms with Crippen molar-refractivity contribution in [1.29, 1.82) is 0 Å². The molecule has 29 heavy (non-hydrogen) atoms. The molecule has 1 atom stereocenters. The van der Waals surface area contributed by atoms with Crippen molar-refractivity contribution in [2.75, 3.05) is 64.4 Å². The summed E-state index contributed by atoms with van der Waals surface area (Å²) >= 11 is 0. The lowest BCUT2D eigenvalue weighted by Gasteiger charge is -2.26. The third-order valence-electron chi connectivity index (χ3n) is 5.72. The highest BCUT2D eigenvalue weighted by Gasteiger charge is 2.14. The number of halogens is 1. The first kappa shape index (κ1) is 24.2. The van der Waals surface area contributed by atoms with Gasteiger partial charge in [-0.05, 0) is 56.8 Å². The van der Waals surface area contributed by atoms with Crippen molar-refractivity contribution in [1.82, 2.24) is 15.5 Å². The molecule has 1 unspecified atom stereocenters. The molecule has 3 rings (SSSR count). The maximum atomic E-state index is 5.40. The number of anilines is 1. The van der Waals surface area contributed by atoms with Crippen LogP contribution in [0.5, 0.6) is 0 Å². The zero-order chi connectivity index (χ0) is 19.6. The van der Waals surface area contributed by atoms with E-state index in [4.69, 9.17) is 4.74 Å². The van der Waals surface area contributed by atoms with E-state index in [9.17, 15) is 0 Å². The van der Waals surface area contributed by atoms with E-state index >= 15 is 0 Å². The molecular formula is C22H38IN5O. The van der Waals surface area contributed by atoms with Crippen LogP contribution in [-0.4, -0.2) is 70.4 Å². The lowest BCUT2D eigenvalue weighted by molar-refractivity contribution is 0.0372. The SMILES string of the molecule is CN=C(NCCCCN1CCOCC1)NC(C)c1cccc(N2CCCC2)c1.I. The Morgan fingerprint density at radius 2 is 1.90 bits per heavy atom. The number of hydrogen-bond acceptors (Lipinski definition) is 4. The van der Waals surface area contributed by atoms with Gasteiger partial charge in [-0.2, -0.15) is 0 Å². The molecule has 6 nitrogen and oxygen atoms in total. The molecule has 2 aliphatic rings. The first-order valence-electron chi connectivity index (χ1n) is 10.9. The summed E-state index contributed by atoms with van der Waals surface area (Å²) in [6.45, 7) is 10.6. The van der Waals surface area contributed by atoms with E-state index in [1.807, 2.05) is 7.05 Å². The van der Waals surface area contributed by atoms with Crippen molar-refractivity contribution in [3.8, 4) is 0 Å². The maximum Gasteiger partial charge on any atom is 0.191 e. The standard InChI is InChI=1S/C22H37N5O.HI/c1-19(20-8-7-9-21(18-20)27-12-5-6-13-27)25-22(23-2)24-10-3-4-11-26-14-16-28-17-15-26;/h7-9,18-19H,3-6,10-17H2,1-2H3,(H2,23,24,25);1H. The van der Waals surface area contributed by atoms with Crippen molar-refractivity contribution >= 4 is 35.6 Å². The molecule has 0 radical (unpaired) electrons. The van der Waals surface area contributed by atoms with Gasteiger partial charge in [0.25, 0.3) is 0 Å². The molecule has 2 heterocycles. The Bertz CT molecular complexity index is 615. The molecule has 2 saturated heterocycles. The minimum Gasteiger partial charge on any atom is -0.379 e. The van der Waals surface area contributed by atoms with Gasteiger partial charge in [0.05, 0.1) is 19.3 Å². The fraction of sp³-hybridized carbons (Fsp3) is 0.682. The zero-order valence-electron chi connectivity index (χ0n) is 18.0. The summed E-state index contributed by atoms with van der Waals surface area (Å²) in [5.41, 5.74) is 2.65. The number of unbranched alkanes of at least 4 members (excludes halogenated alkanes) is 1. The summed E-state index contributed by atoms with van der Waals surface area (Å²) in [6, 6.07) is 9.14. The Balaban J connectivity index is 0.00000300. The average Bonchev–Trinajstić information content (AvgIpc) is 3.28. The molecule has 0 bridgehead atoms. The summed E-state index contributed by atoms with van der Waals surface area (Å²) in [6.07, 6.45) is 4.97. The molecule has 2 N–H and O–H groups in total. The Morgan fingerprint density at radius 3 is 2.62 bits per heavy atom. The number of morpholine rings is 1. The van der Waals surface area contributed by atoms with E-state index < -0.39 is 0 Å². The summed E-state index contributed by atoms with van der Waals surface area (Å²) < 4.78 is 5.40. The molecule has 2 aliphatic heterocycles. The first-order chi connectivity index (χ1) is 13.8. The molecule has 0 spiro atoms. The number of guanidine groups is 1. The predicted molar refractivity (Wildman–Crippen MR) is 133 cm³/mol. The van der Waals surface area contributed by atoms with Crippen molar-refractivity contribution in [2.45, 2.75) is 38.6 Å². The van der Waals surface area contributed by atoms with Gasteiger partial charge in [-0.3, -0.25) is 9.89 Å². The highest BCUT2D eigenvalue weighted by Crippen LogP contribution is 2.23. The molecule has 7 heteroatoms. The molecule has 0 saturated carbocycles. The topological polar surface area (TPSA) is 52.1 Å². The van der Waals surface area contributed by atoms with Crippen LogP contribution >= 0.6 is 24.0 Å². The highest BCUT2D eigenvalue weighted by molar-refractivity contribution is 14.0. The predicted octanol–water partition coefficient (Wildman–Crippen LogP) is 3.24. The smallest absolute Gasteiger partial charge is 0.191 e. The van der Waals surface area contributed by atoms with Crippen LogP contribution in [0.25, 0.3) is 0 Å². The Morgan fingerprint density at radius 1 is 1.14 bits per heavy atom. The van der Waals surface area contributed by atoms with Crippen LogP contribution < -0.4 is 15.5 Å². The number of hydrogen-bond donors (Lipinski definition) is 2. The van der Waals surface area contributed by atoms with Crippen LogP contribution in [0, 0.1) is 0 Å². The average molecular weight is 515 g/mol. The van der Waals surface area contributed by atoms with Gasteiger partial charge in [-0.1, -0.05) is 12.1 Å². The number of benzene rings is 1. The summed E-state index contributed by atoms with van der Waals surface area (Å²) in [7, 11) is 1.84. The monoisotopic (exact) mass is 515 g/mol. The number of rotatable bonds is 8. The van der Waals surface area contributed by atoms with Gasteiger partial charge in [0.1, 0.15) is 0 Å². The quantitative estimate of drug-likeness (QED) is 0.241. The molecule has 0 aromatic heterocycles. The molecule has 0 aliphatic carbocycles. The van der Waals surface area contributed by atoms with Gasteiger partial charge < -0.3 is 20.3 Å². The van der Waals surface area contributed by atoms with Crippen LogP contribution in [0.2, 0.25) is 0 Å². The number of aliphatic imine (C=N–C) groups is 1. The van der Waals surface area contributed by atoms with E-state index in [1.165, 1.54) is 43.6 Å². The maximum absolute atomic E-state index is 5.40. The fourth-order valence-corrected chi connectivity index (χ4v) is 3.94. The van der Waals surface area contributed by atoms with E-state index in [0.29, 0.717) is 0 Å². The minimum absolute atomic E-state index is 0. The van der Waals surface area contributed by atoms with Gasteiger partial charge >= 0.3 is 0 Å². The summed E-state index contributed by atoms with van der Waals surface area (Å²) in [5.74, 6) is 0.880. The van der Waals surface area contributed by atoms with Gasteiger partial charge in [0.15, 0.2) is 5.96 Å². The van der Waals surface area contributed by atoms with Gasteiger partial charge in [-0.25, -0.2) is 0 Å². The lowest BCUT2D eigenvalue weighted by atomic mass is 10.1. The second-order valence-electron chi connectivity index (χ2n) is 7.82. The van der Waals surface area contributed by atoms with Crippen LogP contribution in [0.4, 0.5) is 5.69 Å². The summed E-state index contributed by atoms with van der Waals surface area (Å²) in [5, 5.41) is 7.00. The second-order valence-corrected chi connectivity index (χ2v) is 7.82. The molecule has 0 amide bonds. The van der Waals surface area contributed by atoms with E-state index in [1.54, 1.807) is 0 Å².